The van der Waals surface area contributed by atoms with Crippen molar-refractivity contribution in [1.29, 1.82) is 5.26 Å². The van der Waals surface area contributed by atoms with Gasteiger partial charge in [0.05, 0.1) is 0 Å². The predicted molar refractivity (Wildman–Crippen MR) is 91.7 cm³/mol. The minimum atomic E-state index is -0.286. The molecule has 0 aromatic carbocycles. The fraction of sp³-hybridized carbons (Fsp3) is 0.778. The number of likely N-dealkylation sites (tertiary alicyclic amines) is 1. The number of hydrogen-bond acceptors (Lipinski definition) is 4. The number of rotatable bonds is 9. The molecule has 130 valence electrons. The van der Waals surface area contributed by atoms with Crippen molar-refractivity contribution in [2.24, 2.45) is 0 Å². The van der Waals surface area contributed by atoms with Crippen LogP contribution in [0.25, 0.3) is 0 Å². The van der Waals surface area contributed by atoms with E-state index in [-0.39, 0.29) is 11.5 Å². The fourth-order valence-corrected chi connectivity index (χ4v) is 2.80. The molecule has 0 radical (unpaired) electrons. The summed E-state index contributed by atoms with van der Waals surface area (Å²) in [6.07, 6.45) is 8.12. The number of unbranched alkanes of at least 4 members (excludes halogenated alkanes) is 1. The Hall–Kier alpha value is -1.54. The first-order valence-corrected chi connectivity index (χ1v) is 8.85. The van der Waals surface area contributed by atoms with Crippen molar-refractivity contribution in [1.82, 2.24) is 10.2 Å². The van der Waals surface area contributed by atoms with E-state index in [4.69, 9.17) is 4.74 Å². The van der Waals surface area contributed by atoms with Crippen LogP contribution in [0.3, 0.4) is 0 Å². The maximum Gasteiger partial charge on any atom is 0.263 e. The van der Waals surface area contributed by atoms with Crippen LogP contribution < -0.4 is 5.32 Å². The molecule has 0 bridgehead atoms. The molecule has 1 saturated heterocycles. The molecule has 1 fully saturated rings. The molecule has 1 aliphatic rings. The van der Waals surface area contributed by atoms with Crippen LogP contribution in [0.5, 0.6) is 0 Å². The molecule has 1 amide bonds. The highest BCUT2D eigenvalue weighted by Gasteiger charge is 2.23. The van der Waals surface area contributed by atoms with Crippen LogP contribution in [0.4, 0.5) is 0 Å². The molecule has 1 rings (SSSR count). The van der Waals surface area contributed by atoms with Gasteiger partial charge in [-0.3, -0.25) is 4.79 Å². The van der Waals surface area contributed by atoms with Crippen LogP contribution in [0.2, 0.25) is 0 Å². The van der Waals surface area contributed by atoms with E-state index in [0.29, 0.717) is 25.2 Å². The average Bonchev–Trinajstić information content (AvgIpc) is 2.53. The summed E-state index contributed by atoms with van der Waals surface area (Å²) in [5.41, 5.74) is 0.192. The number of ether oxygens (including phenoxy) is 1. The number of hydrogen-bond donors (Lipinski definition) is 1. The highest BCUT2D eigenvalue weighted by atomic mass is 16.5. The molecular weight excluding hydrogens is 290 g/mol. The second kappa shape index (κ2) is 11.1. The summed E-state index contributed by atoms with van der Waals surface area (Å²) in [6.45, 7) is 8.38. The van der Waals surface area contributed by atoms with Crippen molar-refractivity contribution in [3.8, 4) is 6.07 Å². The quantitative estimate of drug-likeness (QED) is 0.403. The summed E-state index contributed by atoms with van der Waals surface area (Å²) >= 11 is 0. The van der Waals surface area contributed by atoms with Gasteiger partial charge in [0.1, 0.15) is 11.6 Å². The van der Waals surface area contributed by atoms with Crippen molar-refractivity contribution < 1.29 is 9.53 Å². The third-order valence-corrected chi connectivity index (χ3v) is 4.30. The van der Waals surface area contributed by atoms with Crippen LogP contribution in [-0.2, 0) is 9.53 Å². The number of amides is 1. The first kappa shape index (κ1) is 19.5. The maximum absolute atomic E-state index is 12.1. The number of carbonyl (C=O) groups is 1. The van der Waals surface area contributed by atoms with Crippen LogP contribution in [0.1, 0.15) is 59.3 Å². The van der Waals surface area contributed by atoms with Gasteiger partial charge >= 0.3 is 0 Å². The maximum atomic E-state index is 12.1. The Morgan fingerprint density at radius 3 is 2.57 bits per heavy atom. The lowest BCUT2D eigenvalue weighted by Crippen LogP contribution is -2.40. The molecule has 5 heteroatoms. The minimum absolute atomic E-state index is 0.192. The van der Waals surface area contributed by atoms with Crippen molar-refractivity contribution in [2.75, 3.05) is 19.8 Å². The topological polar surface area (TPSA) is 65.4 Å². The standard InChI is InChI=1S/C18H31N3O2/c1-4-5-11-23-12-7-10-20-18(22)17(13-19)14-21-15(2)8-6-9-16(21)3/h14-16H,4-12H2,1-3H3,(H,20,22)/b17-14-. The Morgan fingerprint density at radius 1 is 1.30 bits per heavy atom. The molecule has 2 unspecified atom stereocenters. The zero-order valence-electron chi connectivity index (χ0n) is 14.8. The third kappa shape index (κ3) is 7.04. The molecule has 0 aromatic heterocycles. The van der Waals surface area contributed by atoms with Gasteiger partial charge in [0, 0.05) is 38.0 Å². The number of nitrogens with one attached hydrogen (secondary N) is 1. The molecular formula is C18H31N3O2. The Kier molecular flexibility index (Phi) is 9.39. The summed E-state index contributed by atoms with van der Waals surface area (Å²) in [7, 11) is 0. The number of carbonyl (C=O) groups excluding carboxylic acids is 1. The van der Waals surface area contributed by atoms with E-state index >= 15 is 0 Å². The highest BCUT2D eigenvalue weighted by Crippen LogP contribution is 2.23. The van der Waals surface area contributed by atoms with E-state index < -0.39 is 0 Å². The van der Waals surface area contributed by atoms with Crippen LogP contribution in [0, 0.1) is 11.3 Å². The molecule has 1 N–H and O–H groups in total. The second-order valence-electron chi connectivity index (χ2n) is 6.31. The predicted octanol–water partition coefficient (Wildman–Crippen LogP) is 2.98. The van der Waals surface area contributed by atoms with Gasteiger partial charge in [-0.05, 0) is 46.0 Å². The summed E-state index contributed by atoms with van der Waals surface area (Å²) in [4.78, 5) is 14.3. The number of piperidine rings is 1. The van der Waals surface area contributed by atoms with Crippen molar-refractivity contribution in [3.05, 3.63) is 11.8 Å². The van der Waals surface area contributed by atoms with E-state index in [9.17, 15) is 10.1 Å². The summed E-state index contributed by atoms with van der Waals surface area (Å²) in [6, 6.07) is 2.79. The van der Waals surface area contributed by atoms with Crippen molar-refractivity contribution in [3.63, 3.8) is 0 Å². The Morgan fingerprint density at radius 2 is 1.96 bits per heavy atom. The van der Waals surface area contributed by atoms with E-state index in [2.05, 4.69) is 31.0 Å². The average molecular weight is 321 g/mol. The van der Waals surface area contributed by atoms with Crippen LogP contribution >= 0.6 is 0 Å². The van der Waals surface area contributed by atoms with E-state index in [1.807, 2.05) is 6.07 Å². The van der Waals surface area contributed by atoms with E-state index in [0.717, 1.165) is 38.7 Å². The van der Waals surface area contributed by atoms with Crippen molar-refractivity contribution >= 4 is 5.91 Å². The molecule has 1 heterocycles. The van der Waals surface area contributed by atoms with Crippen molar-refractivity contribution in [2.45, 2.75) is 71.4 Å². The molecule has 2 atom stereocenters. The zero-order chi connectivity index (χ0) is 17.1. The largest absolute Gasteiger partial charge is 0.381 e. The van der Waals surface area contributed by atoms with Gasteiger partial charge in [0.25, 0.3) is 5.91 Å². The zero-order valence-corrected chi connectivity index (χ0v) is 14.8. The summed E-state index contributed by atoms with van der Waals surface area (Å²) < 4.78 is 5.45. The van der Waals surface area contributed by atoms with Gasteiger partial charge in [-0.15, -0.1) is 0 Å². The van der Waals surface area contributed by atoms with Crippen LogP contribution in [0.15, 0.2) is 11.8 Å². The summed E-state index contributed by atoms with van der Waals surface area (Å²) in [5.74, 6) is -0.286. The van der Waals surface area contributed by atoms with Gasteiger partial charge in [-0.2, -0.15) is 5.26 Å². The lowest BCUT2D eigenvalue weighted by atomic mass is 9.98. The smallest absolute Gasteiger partial charge is 0.263 e. The Bertz CT molecular complexity index is 418. The highest BCUT2D eigenvalue weighted by molar-refractivity contribution is 5.97. The van der Waals surface area contributed by atoms with Gasteiger partial charge in [-0.25, -0.2) is 0 Å². The molecule has 0 aliphatic carbocycles. The summed E-state index contributed by atoms with van der Waals surface area (Å²) in [5, 5.41) is 12.1. The van der Waals surface area contributed by atoms with Gasteiger partial charge in [-0.1, -0.05) is 13.3 Å². The Balaban J connectivity index is 2.39. The normalized spacial score (nSPS) is 21.8. The lowest BCUT2D eigenvalue weighted by molar-refractivity contribution is -0.117. The fourth-order valence-electron chi connectivity index (χ4n) is 2.80. The second-order valence-corrected chi connectivity index (χ2v) is 6.31. The lowest BCUT2D eigenvalue weighted by Gasteiger charge is -2.38. The van der Waals surface area contributed by atoms with Gasteiger partial charge in [0.15, 0.2) is 0 Å². The van der Waals surface area contributed by atoms with Crippen LogP contribution in [-0.4, -0.2) is 42.6 Å². The molecule has 0 aromatic rings. The van der Waals surface area contributed by atoms with E-state index in [1.165, 1.54) is 6.42 Å². The molecule has 1 aliphatic heterocycles. The van der Waals surface area contributed by atoms with Gasteiger partial charge < -0.3 is 15.0 Å². The first-order valence-electron chi connectivity index (χ1n) is 8.85. The number of nitriles is 1. The third-order valence-electron chi connectivity index (χ3n) is 4.30. The molecule has 0 saturated carbocycles. The Labute approximate surface area is 140 Å². The monoisotopic (exact) mass is 321 g/mol. The molecule has 5 nitrogen and oxygen atoms in total. The van der Waals surface area contributed by atoms with Gasteiger partial charge in [0.2, 0.25) is 0 Å². The van der Waals surface area contributed by atoms with E-state index in [1.54, 1.807) is 6.20 Å². The minimum Gasteiger partial charge on any atom is -0.381 e. The SMILES string of the molecule is CCCCOCCCNC(=O)/C(C#N)=C\N1C(C)CCCC1C. The molecule has 23 heavy (non-hydrogen) atoms. The number of nitrogens with zero attached hydrogens (tertiary/aromatic N) is 2. The molecule has 0 spiro atoms. The first-order chi connectivity index (χ1) is 11.1.